The first-order valence-corrected chi connectivity index (χ1v) is 10.2. The molecular formula is C21H26FNO2S. The zero-order chi connectivity index (χ0) is 18.0. The van der Waals surface area contributed by atoms with Gasteiger partial charge in [0.15, 0.2) is 0 Å². The normalized spacial score (nSPS) is 22.0. The fourth-order valence-electron chi connectivity index (χ4n) is 4.06. The fourth-order valence-corrected chi connectivity index (χ4v) is 5.00. The molecule has 0 radical (unpaired) electrons. The molecule has 3 heterocycles. The van der Waals surface area contributed by atoms with E-state index in [1.165, 1.54) is 15.8 Å². The van der Waals surface area contributed by atoms with E-state index in [4.69, 9.17) is 9.47 Å². The summed E-state index contributed by atoms with van der Waals surface area (Å²) in [5.41, 5.74) is 0.702. The highest BCUT2D eigenvalue weighted by molar-refractivity contribution is 7.11. The third-order valence-corrected chi connectivity index (χ3v) is 6.36. The third-order valence-electron chi connectivity index (χ3n) is 5.37. The van der Waals surface area contributed by atoms with Gasteiger partial charge in [0.1, 0.15) is 5.82 Å². The molecule has 140 valence electrons. The molecule has 26 heavy (non-hydrogen) atoms. The minimum Gasteiger partial charge on any atom is -0.377 e. The second-order valence-corrected chi connectivity index (χ2v) is 9.03. The first kappa shape index (κ1) is 18.1. The summed E-state index contributed by atoms with van der Waals surface area (Å²) in [4.78, 5) is 5.29. The van der Waals surface area contributed by atoms with Crippen molar-refractivity contribution in [3.63, 3.8) is 0 Å². The number of hydrogen-bond acceptors (Lipinski definition) is 4. The van der Waals surface area contributed by atoms with Crippen molar-refractivity contribution < 1.29 is 13.9 Å². The van der Waals surface area contributed by atoms with E-state index in [1.807, 2.05) is 17.4 Å². The molecule has 0 amide bonds. The van der Waals surface area contributed by atoms with Crippen molar-refractivity contribution in [1.29, 1.82) is 0 Å². The molecule has 3 nitrogen and oxygen atoms in total. The summed E-state index contributed by atoms with van der Waals surface area (Å²) in [5.74, 6) is 0.368. The summed E-state index contributed by atoms with van der Waals surface area (Å²) in [6, 6.07) is 11.2. The molecule has 1 atom stereocenters. The van der Waals surface area contributed by atoms with Gasteiger partial charge in [0.2, 0.25) is 0 Å². The number of aryl methyl sites for hydroxylation is 1. The highest BCUT2D eigenvalue weighted by Gasteiger charge is 2.49. The number of ether oxygens (including phenoxy) is 2. The van der Waals surface area contributed by atoms with E-state index in [0.717, 1.165) is 39.1 Å². The van der Waals surface area contributed by atoms with Gasteiger partial charge in [0.25, 0.3) is 0 Å². The molecule has 1 spiro atoms. The summed E-state index contributed by atoms with van der Waals surface area (Å²) in [5, 5.41) is 0. The van der Waals surface area contributed by atoms with Crippen LogP contribution in [-0.2, 0) is 22.6 Å². The Hall–Kier alpha value is -1.27. The molecule has 2 fully saturated rings. The minimum absolute atomic E-state index is 0.0719. The lowest BCUT2D eigenvalue weighted by Crippen LogP contribution is -2.60. The van der Waals surface area contributed by atoms with Gasteiger partial charge in [-0.3, -0.25) is 4.90 Å². The van der Waals surface area contributed by atoms with Crippen molar-refractivity contribution >= 4 is 11.3 Å². The van der Waals surface area contributed by atoms with E-state index < -0.39 is 0 Å². The number of benzene rings is 1. The van der Waals surface area contributed by atoms with E-state index in [2.05, 4.69) is 24.0 Å². The molecule has 2 aliphatic heterocycles. The number of likely N-dealkylation sites (tertiary alicyclic amines) is 1. The second-order valence-electron chi connectivity index (χ2n) is 7.65. The molecule has 4 rings (SSSR count). The molecule has 1 aromatic heterocycles. The van der Waals surface area contributed by atoms with Gasteiger partial charge >= 0.3 is 0 Å². The molecule has 0 aliphatic carbocycles. The van der Waals surface area contributed by atoms with Crippen LogP contribution in [0.25, 0.3) is 0 Å². The van der Waals surface area contributed by atoms with Crippen LogP contribution in [0.2, 0.25) is 0 Å². The highest BCUT2D eigenvalue weighted by Crippen LogP contribution is 2.40. The van der Waals surface area contributed by atoms with E-state index in [-0.39, 0.29) is 11.4 Å². The molecule has 1 unspecified atom stereocenters. The van der Waals surface area contributed by atoms with Gasteiger partial charge in [-0.25, -0.2) is 4.39 Å². The van der Waals surface area contributed by atoms with Crippen molar-refractivity contribution in [3.05, 3.63) is 57.5 Å². The molecular weight excluding hydrogens is 349 g/mol. The molecule has 2 aliphatic rings. The Morgan fingerprint density at radius 3 is 2.88 bits per heavy atom. The lowest BCUT2D eigenvalue weighted by molar-refractivity contribution is -0.114. The van der Waals surface area contributed by atoms with Gasteiger partial charge in [-0.05, 0) is 43.9 Å². The average molecular weight is 376 g/mol. The minimum atomic E-state index is -0.189. The molecule has 2 saturated heterocycles. The Kier molecular flexibility index (Phi) is 5.41. The van der Waals surface area contributed by atoms with Gasteiger partial charge in [-0.1, -0.05) is 18.2 Å². The Bertz CT molecular complexity index is 741. The van der Waals surface area contributed by atoms with Crippen LogP contribution < -0.4 is 0 Å². The number of rotatable bonds is 7. The Labute approximate surface area is 158 Å². The summed E-state index contributed by atoms with van der Waals surface area (Å²) in [6.07, 6.45) is 2.11. The van der Waals surface area contributed by atoms with E-state index in [1.54, 1.807) is 12.1 Å². The maximum absolute atomic E-state index is 13.6. The van der Waals surface area contributed by atoms with Crippen molar-refractivity contribution in [1.82, 2.24) is 4.90 Å². The lowest BCUT2D eigenvalue weighted by Gasteiger charge is -2.47. The maximum Gasteiger partial charge on any atom is 0.128 e. The van der Waals surface area contributed by atoms with E-state index in [9.17, 15) is 4.39 Å². The van der Waals surface area contributed by atoms with Crippen LogP contribution in [0, 0.1) is 18.7 Å². The number of thiophene rings is 1. The van der Waals surface area contributed by atoms with Crippen LogP contribution in [0.5, 0.6) is 0 Å². The SMILES string of the molecule is Cc1ccc(CN2CC3(CC(CCOCc4ccccc4F)CO3)C2)s1. The largest absolute Gasteiger partial charge is 0.377 e. The zero-order valence-corrected chi connectivity index (χ0v) is 16.1. The smallest absolute Gasteiger partial charge is 0.128 e. The van der Waals surface area contributed by atoms with Crippen LogP contribution in [0.4, 0.5) is 4.39 Å². The van der Waals surface area contributed by atoms with Crippen LogP contribution in [0.1, 0.15) is 28.2 Å². The van der Waals surface area contributed by atoms with Crippen LogP contribution in [0.3, 0.4) is 0 Å². The monoisotopic (exact) mass is 375 g/mol. The average Bonchev–Trinajstić information content (AvgIpc) is 3.20. The van der Waals surface area contributed by atoms with Gasteiger partial charge in [-0.2, -0.15) is 0 Å². The van der Waals surface area contributed by atoms with Gasteiger partial charge in [-0.15, -0.1) is 11.3 Å². The first-order valence-electron chi connectivity index (χ1n) is 9.35. The summed E-state index contributed by atoms with van der Waals surface area (Å²) >= 11 is 1.88. The predicted octanol–water partition coefficient (Wildman–Crippen LogP) is 4.39. The van der Waals surface area contributed by atoms with Crippen LogP contribution in [-0.4, -0.2) is 36.8 Å². The number of halogens is 1. The third kappa shape index (κ3) is 4.17. The van der Waals surface area contributed by atoms with Crippen molar-refractivity contribution in [2.45, 2.75) is 38.5 Å². The van der Waals surface area contributed by atoms with Crippen molar-refractivity contribution in [2.75, 3.05) is 26.3 Å². The summed E-state index contributed by atoms with van der Waals surface area (Å²) in [6.45, 7) is 7.11. The number of nitrogens with zero attached hydrogens (tertiary/aromatic N) is 1. The highest BCUT2D eigenvalue weighted by atomic mass is 32.1. The molecule has 1 aromatic carbocycles. The maximum atomic E-state index is 13.6. The van der Waals surface area contributed by atoms with Gasteiger partial charge < -0.3 is 9.47 Å². The Morgan fingerprint density at radius 1 is 1.27 bits per heavy atom. The van der Waals surface area contributed by atoms with E-state index in [0.29, 0.717) is 24.7 Å². The fraction of sp³-hybridized carbons (Fsp3) is 0.524. The number of hydrogen-bond donors (Lipinski definition) is 0. The topological polar surface area (TPSA) is 21.7 Å². The quantitative estimate of drug-likeness (QED) is 0.670. The zero-order valence-electron chi connectivity index (χ0n) is 15.2. The first-order chi connectivity index (χ1) is 12.6. The molecule has 0 N–H and O–H groups in total. The Morgan fingerprint density at radius 2 is 2.12 bits per heavy atom. The van der Waals surface area contributed by atoms with Crippen molar-refractivity contribution in [2.24, 2.45) is 5.92 Å². The van der Waals surface area contributed by atoms with Crippen LogP contribution in [0.15, 0.2) is 36.4 Å². The lowest BCUT2D eigenvalue weighted by atomic mass is 9.86. The Balaban J connectivity index is 1.15. The van der Waals surface area contributed by atoms with Crippen molar-refractivity contribution in [3.8, 4) is 0 Å². The molecule has 0 saturated carbocycles. The van der Waals surface area contributed by atoms with Gasteiger partial charge in [0.05, 0.1) is 18.8 Å². The molecule has 2 aromatic rings. The summed E-state index contributed by atoms with van der Waals surface area (Å²) < 4.78 is 25.4. The van der Waals surface area contributed by atoms with Gasteiger partial charge in [0, 0.05) is 41.6 Å². The predicted molar refractivity (Wildman–Crippen MR) is 102 cm³/mol. The van der Waals surface area contributed by atoms with E-state index >= 15 is 0 Å². The summed E-state index contributed by atoms with van der Waals surface area (Å²) in [7, 11) is 0. The standard InChI is InChI=1S/C21H26FNO2S/c1-16-6-7-19(26-16)11-23-14-21(15-23)10-17(12-25-21)8-9-24-13-18-4-2-3-5-20(18)22/h2-7,17H,8-15H2,1H3. The second kappa shape index (κ2) is 7.77. The molecule has 0 bridgehead atoms. The van der Waals surface area contributed by atoms with Crippen LogP contribution >= 0.6 is 11.3 Å². The molecule has 5 heteroatoms.